The third-order valence-electron chi connectivity index (χ3n) is 4.85. The van der Waals surface area contributed by atoms with Gasteiger partial charge >= 0.3 is 0 Å². The fraction of sp³-hybridized carbons (Fsp3) is 0.238. The minimum Gasteiger partial charge on any atom is -0.343 e. The number of hydrogen-bond donors (Lipinski definition) is 1. The monoisotopic (exact) mass is 374 g/mol. The Labute approximate surface area is 163 Å². The maximum Gasteiger partial charge on any atom is 0.274 e. The molecule has 0 saturated heterocycles. The highest BCUT2D eigenvalue weighted by atomic mass is 16.2. The summed E-state index contributed by atoms with van der Waals surface area (Å²) in [6.45, 7) is 6.15. The zero-order valence-electron chi connectivity index (χ0n) is 16.4. The Kier molecular flexibility index (Phi) is 4.43. The first-order chi connectivity index (χ1) is 13.4. The Bertz CT molecular complexity index is 1190. The fourth-order valence-electron chi connectivity index (χ4n) is 3.32. The molecular formula is C21H22N6O. The van der Waals surface area contributed by atoms with Gasteiger partial charge in [-0.2, -0.15) is 9.90 Å². The van der Waals surface area contributed by atoms with Crippen molar-refractivity contribution in [3.63, 3.8) is 0 Å². The summed E-state index contributed by atoms with van der Waals surface area (Å²) in [6.07, 6.45) is 0. The molecule has 0 aliphatic carbocycles. The van der Waals surface area contributed by atoms with Crippen molar-refractivity contribution in [2.45, 2.75) is 27.3 Å². The van der Waals surface area contributed by atoms with E-state index in [9.17, 15) is 4.79 Å². The minimum atomic E-state index is -0.263. The molecule has 4 aromatic rings. The number of aryl methyl sites for hydroxylation is 4. The highest BCUT2D eigenvalue weighted by Crippen LogP contribution is 2.16. The molecule has 4 rings (SSSR count). The van der Waals surface area contributed by atoms with Crippen LogP contribution in [0.2, 0.25) is 0 Å². The molecule has 0 spiro atoms. The number of rotatable bonds is 4. The summed E-state index contributed by atoms with van der Waals surface area (Å²) in [5, 5.41) is 11.7. The third-order valence-corrected chi connectivity index (χ3v) is 4.85. The van der Waals surface area contributed by atoms with E-state index in [0.29, 0.717) is 17.9 Å². The first kappa shape index (κ1) is 17.9. The van der Waals surface area contributed by atoms with Gasteiger partial charge in [0.05, 0.1) is 29.0 Å². The van der Waals surface area contributed by atoms with Crippen molar-refractivity contribution in [3.8, 4) is 5.69 Å². The highest BCUT2D eigenvalue weighted by Gasteiger charge is 2.18. The van der Waals surface area contributed by atoms with Crippen LogP contribution in [0.25, 0.3) is 16.7 Å². The molecule has 2 aromatic carbocycles. The predicted octanol–water partition coefficient (Wildman–Crippen LogP) is 3.01. The highest BCUT2D eigenvalue weighted by molar-refractivity contribution is 5.93. The second-order valence-corrected chi connectivity index (χ2v) is 6.97. The predicted molar refractivity (Wildman–Crippen MR) is 107 cm³/mol. The van der Waals surface area contributed by atoms with Crippen LogP contribution >= 0.6 is 0 Å². The lowest BCUT2D eigenvalue weighted by molar-refractivity contribution is 0.0943. The van der Waals surface area contributed by atoms with Gasteiger partial charge in [0.15, 0.2) is 5.69 Å². The normalized spacial score (nSPS) is 11.1. The van der Waals surface area contributed by atoms with Gasteiger partial charge in [0, 0.05) is 7.05 Å². The SMILES string of the molecule is Cc1ccc(-n2nc(C)c(C(=O)NCc3nc4ccccc4n3C)n2)c(C)c1. The van der Waals surface area contributed by atoms with E-state index >= 15 is 0 Å². The molecule has 0 aliphatic rings. The molecule has 2 aromatic heterocycles. The zero-order chi connectivity index (χ0) is 19.8. The summed E-state index contributed by atoms with van der Waals surface area (Å²) in [4.78, 5) is 18.8. The van der Waals surface area contributed by atoms with Gasteiger partial charge in [-0.25, -0.2) is 4.98 Å². The summed E-state index contributed by atoms with van der Waals surface area (Å²) in [6, 6.07) is 13.9. The van der Waals surface area contributed by atoms with Crippen LogP contribution in [0.5, 0.6) is 0 Å². The summed E-state index contributed by atoms with van der Waals surface area (Å²) >= 11 is 0. The van der Waals surface area contributed by atoms with Crippen LogP contribution in [0.15, 0.2) is 42.5 Å². The molecule has 7 nitrogen and oxygen atoms in total. The van der Waals surface area contributed by atoms with E-state index in [1.54, 1.807) is 6.92 Å². The van der Waals surface area contributed by atoms with Crippen molar-refractivity contribution < 1.29 is 4.79 Å². The van der Waals surface area contributed by atoms with Crippen LogP contribution < -0.4 is 5.32 Å². The number of benzene rings is 2. The van der Waals surface area contributed by atoms with Crippen LogP contribution in [0.1, 0.15) is 33.1 Å². The summed E-state index contributed by atoms with van der Waals surface area (Å²) < 4.78 is 1.98. The molecule has 0 atom stereocenters. The molecule has 1 amide bonds. The molecule has 0 radical (unpaired) electrons. The van der Waals surface area contributed by atoms with Crippen molar-refractivity contribution in [2.24, 2.45) is 7.05 Å². The molecule has 28 heavy (non-hydrogen) atoms. The standard InChI is InChI=1S/C21H22N6O/c1-13-9-10-17(14(2)11-13)27-24-15(3)20(25-27)21(28)22-12-19-23-16-7-5-6-8-18(16)26(19)4/h5-11H,12H2,1-4H3,(H,22,28). The number of nitrogens with one attached hydrogen (secondary N) is 1. The number of para-hydroxylation sites is 2. The second-order valence-electron chi connectivity index (χ2n) is 6.97. The van der Waals surface area contributed by atoms with Crippen LogP contribution in [-0.2, 0) is 13.6 Å². The topological polar surface area (TPSA) is 77.6 Å². The van der Waals surface area contributed by atoms with E-state index in [0.717, 1.165) is 28.1 Å². The van der Waals surface area contributed by atoms with Crippen LogP contribution in [0.3, 0.4) is 0 Å². The Hall–Kier alpha value is -3.48. The van der Waals surface area contributed by atoms with Crippen molar-refractivity contribution in [1.82, 2.24) is 29.9 Å². The Morgan fingerprint density at radius 3 is 2.61 bits per heavy atom. The van der Waals surface area contributed by atoms with E-state index in [4.69, 9.17) is 0 Å². The lowest BCUT2D eigenvalue weighted by atomic mass is 10.1. The lowest BCUT2D eigenvalue weighted by Crippen LogP contribution is -2.25. The Morgan fingerprint density at radius 1 is 1.07 bits per heavy atom. The molecule has 0 saturated carbocycles. The molecular weight excluding hydrogens is 352 g/mol. The minimum absolute atomic E-state index is 0.263. The quantitative estimate of drug-likeness (QED) is 0.596. The number of carbonyl (C=O) groups excluding carboxylic acids is 1. The average Bonchev–Trinajstić information content (AvgIpc) is 3.20. The van der Waals surface area contributed by atoms with Crippen molar-refractivity contribution >= 4 is 16.9 Å². The molecule has 142 valence electrons. The van der Waals surface area contributed by atoms with Crippen LogP contribution in [-0.4, -0.2) is 30.5 Å². The molecule has 0 bridgehead atoms. The van der Waals surface area contributed by atoms with Gasteiger partial charge in [-0.1, -0.05) is 29.8 Å². The Morgan fingerprint density at radius 2 is 1.86 bits per heavy atom. The largest absolute Gasteiger partial charge is 0.343 e. The number of nitrogens with zero attached hydrogens (tertiary/aromatic N) is 5. The summed E-state index contributed by atoms with van der Waals surface area (Å²) in [7, 11) is 1.94. The number of aromatic nitrogens is 5. The van der Waals surface area contributed by atoms with Gasteiger partial charge in [0.1, 0.15) is 5.82 Å². The molecule has 7 heteroatoms. The van der Waals surface area contributed by atoms with Crippen LogP contribution in [0, 0.1) is 20.8 Å². The van der Waals surface area contributed by atoms with Gasteiger partial charge in [-0.3, -0.25) is 4.79 Å². The van der Waals surface area contributed by atoms with E-state index in [1.807, 2.05) is 61.9 Å². The maximum absolute atomic E-state index is 12.7. The first-order valence-corrected chi connectivity index (χ1v) is 9.14. The van der Waals surface area contributed by atoms with Crippen molar-refractivity contribution in [2.75, 3.05) is 0 Å². The third kappa shape index (κ3) is 3.15. The number of hydrogen-bond acceptors (Lipinski definition) is 4. The summed E-state index contributed by atoms with van der Waals surface area (Å²) in [5.74, 6) is 0.523. The van der Waals surface area contributed by atoms with Crippen molar-refractivity contribution in [3.05, 3.63) is 70.8 Å². The number of amides is 1. The van der Waals surface area contributed by atoms with E-state index in [2.05, 4.69) is 26.6 Å². The van der Waals surface area contributed by atoms with Gasteiger partial charge in [-0.05, 0) is 44.5 Å². The number of imidazole rings is 1. The lowest BCUT2D eigenvalue weighted by Gasteiger charge is -2.05. The Balaban J connectivity index is 1.55. The first-order valence-electron chi connectivity index (χ1n) is 9.14. The number of carbonyl (C=O) groups is 1. The molecule has 2 heterocycles. The van der Waals surface area contributed by atoms with Gasteiger partial charge in [0.25, 0.3) is 5.91 Å². The number of fused-ring (bicyclic) bond motifs is 1. The van der Waals surface area contributed by atoms with Crippen molar-refractivity contribution in [1.29, 1.82) is 0 Å². The smallest absolute Gasteiger partial charge is 0.274 e. The van der Waals surface area contributed by atoms with E-state index < -0.39 is 0 Å². The second kappa shape index (κ2) is 6.92. The zero-order valence-corrected chi connectivity index (χ0v) is 16.4. The fourth-order valence-corrected chi connectivity index (χ4v) is 3.32. The molecule has 0 unspecified atom stereocenters. The maximum atomic E-state index is 12.7. The molecule has 1 N–H and O–H groups in total. The van der Waals surface area contributed by atoms with Gasteiger partial charge in [-0.15, -0.1) is 5.10 Å². The van der Waals surface area contributed by atoms with Gasteiger partial charge < -0.3 is 9.88 Å². The summed E-state index contributed by atoms with van der Waals surface area (Å²) in [5.41, 5.74) is 5.94. The molecule has 0 aliphatic heterocycles. The van der Waals surface area contributed by atoms with Gasteiger partial charge in [0.2, 0.25) is 0 Å². The van der Waals surface area contributed by atoms with E-state index in [1.165, 1.54) is 10.4 Å². The van der Waals surface area contributed by atoms with E-state index in [-0.39, 0.29) is 5.91 Å². The molecule has 0 fully saturated rings. The van der Waals surface area contributed by atoms with Crippen LogP contribution in [0.4, 0.5) is 0 Å². The average molecular weight is 374 g/mol.